The Kier molecular flexibility index (Phi) is 4.29. The van der Waals surface area contributed by atoms with E-state index < -0.39 is 21.9 Å². The van der Waals surface area contributed by atoms with Crippen molar-refractivity contribution in [2.75, 3.05) is 6.54 Å². The molecule has 1 aliphatic carbocycles. The lowest BCUT2D eigenvalue weighted by molar-refractivity contribution is -0.137. The van der Waals surface area contributed by atoms with Crippen molar-refractivity contribution in [1.82, 2.24) is 4.31 Å². The molecule has 1 aromatic rings. The van der Waals surface area contributed by atoms with Crippen LogP contribution >= 0.6 is 0 Å². The average Bonchev–Trinajstić information content (AvgIpc) is 3.23. The van der Waals surface area contributed by atoms with Crippen LogP contribution in [0.3, 0.4) is 0 Å². The van der Waals surface area contributed by atoms with Crippen LogP contribution in [0.2, 0.25) is 0 Å². The fourth-order valence-electron chi connectivity index (χ4n) is 1.99. The Hall–Kier alpha value is -1.93. The predicted octanol–water partition coefficient (Wildman–Crippen LogP) is 0.413. The van der Waals surface area contributed by atoms with E-state index in [1.54, 1.807) is 0 Å². The number of carbonyl (C=O) groups excluding carboxylic acids is 1. The molecule has 0 aliphatic heterocycles. The number of rotatable bonds is 7. The maximum absolute atomic E-state index is 12.5. The topological polar surface area (TPSA) is 118 Å². The van der Waals surface area contributed by atoms with Crippen molar-refractivity contribution in [2.45, 2.75) is 30.2 Å². The quantitative estimate of drug-likeness (QED) is 0.756. The molecule has 8 heteroatoms. The van der Waals surface area contributed by atoms with Gasteiger partial charge in [0.1, 0.15) is 0 Å². The summed E-state index contributed by atoms with van der Waals surface area (Å²) in [7, 11) is -3.76. The fourth-order valence-corrected chi connectivity index (χ4v) is 3.68. The number of aliphatic carboxylic acids is 1. The molecule has 1 aromatic carbocycles. The van der Waals surface area contributed by atoms with Gasteiger partial charge < -0.3 is 10.8 Å². The van der Waals surface area contributed by atoms with Gasteiger partial charge in [-0.3, -0.25) is 9.59 Å². The zero-order valence-electron chi connectivity index (χ0n) is 11.2. The molecule has 2 rings (SSSR count). The Morgan fingerprint density at radius 1 is 1.24 bits per heavy atom. The molecule has 0 radical (unpaired) electrons. The highest BCUT2D eigenvalue weighted by atomic mass is 32.2. The molecule has 1 fully saturated rings. The van der Waals surface area contributed by atoms with E-state index in [-0.39, 0.29) is 29.5 Å². The predicted molar refractivity (Wildman–Crippen MR) is 74.1 cm³/mol. The number of nitrogens with zero attached hydrogens (tertiary/aromatic N) is 1. The van der Waals surface area contributed by atoms with Crippen LogP contribution in [0.5, 0.6) is 0 Å². The fraction of sp³-hybridized carbons (Fsp3) is 0.385. The third kappa shape index (κ3) is 3.59. The lowest BCUT2D eigenvalue weighted by atomic mass is 10.2. The Bertz CT molecular complexity index is 650. The first kappa shape index (κ1) is 15.5. The lowest BCUT2D eigenvalue weighted by Gasteiger charge is -2.21. The molecule has 1 saturated carbocycles. The molecule has 3 N–H and O–H groups in total. The van der Waals surface area contributed by atoms with Gasteiger partial charge in [-0.05, 0) is 37.1 Å². The third-order valence-corrected chi connectivity index (χ3v) is 5.21. The molecule has 0 aromatic heterocycles. The SMILES string of the molecule is NC(=O)c1ccc(S(=O)(=O)N(CCC(=O)O)C2CC2)cc1. The summed E-state index contributed by atoms with van der Waals surface area (Å²) < 4.78 is 26.3. The number of benzene rings is 1. The van der Waals surface area contributed by atoms with Crippen LogP contribution in [-0.2, 0) is 14.8 Å². The van der Waals surface area contributed by atoms with Gasteiger partial charge in [-0.25, -0.2) is 8.42 Å². The lowest BCUT2D eigenvalue weighted by Crippen LogP contribution is -2.35. The summed E-state index contributed by atoms with van der Waals surface area (Å²) in [6.45, 7) is -0.0557. The number of carboxylic acids is 1. The van der Waals surface area contributed by atoms with E-state index in [0.29, 0.717) is 0 Å². The summed E-state index contributed by atoms with van der Waals surface area (Å²) in [4.78, 5) is 21.7. The summed E-state index contributed by atoms with van der Waals surface area (Å²) in [5.74, 6) is -1.68. The van der Waals surface area contributed by atoms with Gasteiger partial charge in [0.2, 0.25) is 15.9 Å². The van der Waals surface area contributed by atoms with Crippen LogP contribution in [-0.4, -0.2) is 42.3 Å². The number of primary amides is 1. The van der Waals surface area contributed by atoms with E-state index in [1.807, 2.05) is 0 Å². The van der Waals surface area contributed by atoms with Gasteiger partial charge in [-0.15, -0.1) is 0 Å². The van der Waals surface area contributed by atoms with Crippen LogP contribution < -0.4 is 5.73 Å². The Labute approximate surface area is 122 Å². The zero-order chi connectivity index (χ0) is 15.6. The maximum atomic E-state index is 12.5. The van der Waals surface area contributed by atoms with Crippen molar-refractivity contribution in [1.29, 1.82) is 0 Å². The van der Waals surface area contributed by atoms with Crippen LogP contribution in [0, 0.1) is 0 Å². The largest absolute Gasteiger partial charge is 0.481 e. The molecule has 7 nitrogen and oxygen atoms in total. The molecule has 1 aliphatic rings. The van der Waals surface area contributed by atoms with Gasteiger partial charge in [-0.2, -0.15) is 4.31 Å². The van der Waals surface area contributed by atoms with Crippen LogP contribution in [0.15, 0.2) is 29.2 Å². The summed E-state index contributed by atoms with van der Waals surface area (Å²) in [5, 5.41) is 8.73. The minimum Gasteiger partial charge on any atom is -0.481 e. The number of hydrogen-bond donors (Lipinski definition) is 2. The number of nitrogens with two attached hydrogens (primary N) is 1. The second-order valence-electron chi connectivity index (χ2n) is 4.88. The van der Waals surface area contributed by atoms with Gasteiger partial charge >= 0.3 is 5.97 Å². The highest BCUT2D eigenvalue weighted by Gasteiger charge is 2.38. The summed E-state index contributed by atoms with van der Waals surface area (Å²) >= 11 is 0. The Balaban J connectivity index is 2.25. The molecule has 0 unspecified atom stereocenters. The van der Waals surface area contributed by atoms with Crippen molar-refractivity contribution in [3.8, 4) is 0 Å². The highest BCUT2D eigenvalue weighted by Crippen LogP contribution is 2.32. The second kappa shape index (κ2) is 5.82. The minimum absolute atomic E-state index is 0.0322. The first-order chi connectivity index (χ1) is 9.82. The van der Waals surface area contributed by atoms with E-state index in [9.17, 15) is 18.0 Å². The van der Waals surface area contributed by atoms with Crippen LogP contribution in [0.4, 0.5) is 0 Å². The van der Waals surface area contributed by atoms with E-state index in [1.165, 1.54) is 28.6 Å². The highest BCUT2D eigenvalue weighted by molar-refractivity contribution is 7.89. The molecule has 0 atom stereocenters. The van der Waals surface area contributed by atoms with E-state index in [4.69, 9.17) is 10.8 Å². The molecule has 0 heterocycles. The number of sulfonamides is 1. The van der Waals surface area contributed by atoms with Gasteiger partial charge in [0.05, 0.1) is 11.3 Å². The first-order valence-electron chi connectivity index (χ1n) is 6.46. The number of carboxylic acid groups (broad SMARTS) is 1. The average molecular weight is 312 g/mol. The van der Waals surface area contributed by atoms with Gasteiger partial charge in [0.15, 0.2) is 0 Å². The molecule has 0 spiro atoms. The van der Waals surface area contributed by atoms with Crippen molar-refractivity contribution in [3.63, 3.8) is 0 Å². The maximum Gasteiger partial charge on any atom is 0.304 e. The van der Waals surface area contributed by atoms with Gasteiger partial charge in [-0.1, -0.05) is 0 Å². The standard InChI is InChI=1S/C13H16N2O5S/c14-13(18)9-1-5-11(6-2-9)21(19,20)15(10-3-4-10)8-7-12(16)17/h1-2,5-6,10H,3-4,7-8H2,(H2,14,18)(H,16,17). The molecular weight excluding hydrogens is 296 g/mol. The number of amides is 1. The molecule has 0 bridgehead atoms. The van der Waals surface area contributed by atoms with E-state index in [0.717, 1.165) is 12.8 Å². The molecule has 114 valence electrons. The van der Waals surface area contributed by atoms with Crippen molar-refractivity contribution >= 4 is 21.9 Å². The minimum atomic E-state index is -3.76. The van der Waals surface area contributed by atoms with Gasteiger partial charge in [0, 0.05) is 18.2 Å². The third-order valence-electron chi connectivity index (χ3n) is 3.25. The van der Waals surface area contributed by atoms with E-state index >= 15 is 0 Å². The monoisotopic (exact) mass is 312 g/mol. The van der Waals surface area contributed by atoms with Crippen molar-refractivity contribution in [3.05, 3.63) is 29.8 Å². The van der Waals surface area contributed by atoms with Crippen molar-refractivity contribution in [2.24, 2.45) is 5.73 Å². The van der Waals surface area contributed by atoms with Crippen LogP contribution in [0.25, 0.3) is 0 Å². The molecule has 21 heavy (non-hydrogen) atoms. The van der Waals surface area contributed by atoms with Crippen LogP contribution in [0.1, 0.15) is 29.6 Å². The Morgan fingerprint density at radius 3 is 2.24 bits per heavy atom. The smallest absolute Gasteiger partial charge is 0.304 e. The summed E-state index contributed by atoms with van der Waals surface area (Å²) in [5.41, 5.74) is 5.33. The molecule has 1 amide bonds. The Morgan fingerprint density at radius 2 is 1.81 bits per heavy atom. The summed E-state index contributed by atoms with van der Waals surface area (Å²) in [6, 6.07) is 5.18. The first-order valence-corrected chi connectivity index (χ1v) is 7.90. The zero-order valence-corrected chi connectivity index (χ0v) is 12.0. The molecule has 0 saturated heterocycles. The van der Waals surface area contributed by atoms with Gasteiger partial charge in [0.25, 0.3) is 0 Å². The number of carbonyl (C=O) groups is 2. The normalized spacial score (nSPS) is 15.1. The summed E-state index contributed by atoms with van der Waals surface area (Å²) in [6.07, 6.45) is 1.23. The second-order valence-corrected chi connectivity index (χ2v) is 6.77. The van der Waals surface area contributed by atoms with E-state index in [2.05, 4.69) is 0 Å². The molecular formula is C13H16N2O5S. The van der Waals surface area contributed by atoms with Crippen molar-refractivity contribution < 1.29 is 23.1 Å². The number of hydrogen-bond acceptors (Lipinski definition) is 4.